The van der Waals surface area contributed by atoms with Gasteiger partial charge in [0.05, 0.1) is 5.69 Å². The van der Waals surface area contributed by atoms with Crippen molar-refractivity contribution in [3.05, 3.63) is 53.3 Å². The van der Waals surface area contributed by atoms with Crippen molar-refractivity contribution >= 4 is 11.6 Å². The lowest BCUT2D eigenvalue weighted by Gasteiger charge is -2.13. The second-order valence-corrected chi connectivity index (χ2v) is 5.81. The van der Waals surface area contributed by atoms with E-state index >= 15 is 0 Å². The van der Waals surface area contributed by atoms with Crippen molar-refractivity contribution in [1.29, 1.82) is 0 Å². The lowest BCUT2D eigenvalue weighted by molar-refractivity contribution is 0.102. The minimum absolute atomic E-state index is 0.210. The number of aromatic nitrogens is 2. The maximum Gasteiger partial charge on any atom is 0.276 e. The van der Waals surface area contributed by atoms with Gasteiger partial charge in [0.1, 0.15) is 0 Å². The molecule has 4 heteroatoms. The van der Waals surface area contributed by atoms with Crippen LogP contribution in [0.15, 0.2) is 36.4 Å². The average molecular weight is 281 g/mol. The van der Waals surface area contributed by atoms with E-state index in [-0.39, 0.29) is 5.91 Å². The number of nitrogens with zero attached hydrogens (tertiary/aromatic N) is 2. The topological polar surface area (TPSA) is 54.9 Å². The normalized spacial score (nSPS) is 14.2. The maximum absolute atomic E-state index is 12.3. The van der Waals surface area contributed by atoms with Crippen molar-refractivity contribution in [3.63, 3.8) is 0 Å². The van der Waals surface area contributed by atoms with Gasteiger partial charge in [-0.05, 0) is 42.5 Å². The summed E-state index contributed by atoms with van der Waals surface area (Å²) in [6.45, 7) is 4.21. The molecular weight excluding hydrogens is 262 g/mol. The van der Waals surface area contributed by atoms with Crippen LogP contribution in [0.25, 0.3) is 0 Å². The van der Waals surface area contributed by atoms with Crippen LogP contribution < -0.4 is 5.32 Å². The Bertz CT molecular complexity index is 645. The van der Waals surface area contributed by atoms with Gasteiger partial charge in [-0.15, -0.1) is 5.10 Å². The van der Waals surface area contributed by atoms with Gasteiger partial charge in [-0.2, -0.15) is 5.10 Å². The molecule has 1 N–H and O–H groups in total. The first-order valence-corrected chi connectivity index (χ1v) is 7.39. The number of hydrogen-bond donors (Lipinski definition) is 1. The van der Waals surface area contributed by atoms with E-state index in [1.165, 1.54) is 12.8 Å². The number of anilines is 1. The van der Waals surface area contributed by atoms with Gasteiger partial charge in [-0.3, -0.25) is 4.79 Å². The zero-order valence-electron chi connectivity index (χ0n) is 12.3. The highest BCUT2D eigenvalue weighted by Gasteiger charge is 2.25. The Hall–Kier alpha value is -2.23. The van der Waals surface area contributed by atoms with Crippen molar-refractivity contribution in [2.45, 2.75) is 38.5 Å². The Labute approximate surface area is 124 Å². The summed E-state index contributed by atoms with van der Waals surface area (Å²) in [5.74, 6) is 0.694. The number of hydrogen-bond acceptors (Lipinski definition) is 3. The van der Waals surface area contributed by atoms with Crippen molar-refractivity contribution in [1.82, 2.24) is 10.2 Å². The smallest absolute Gasteiger partial charge is 0.276 e. The molecule has 1 saturated carbocycles. The van der Waals surface area contributed by atoms with Crippen molar-refractivity contribution in [3.8, 4) is 0 Å². The van der Waals surface area contributed by atoms with Crippen LogP contribution in [-0.4, -0.2) is 16.1 Å². The Kier molecular flexibility index (Phi) is 3.69. The molecule has 0 saturated heterocycles. The quantitative estimate of drug-likeness (QED) is 0.929. The van der Waals surface area contributed by atoms with Gasteiger partial charge in [0.15, 0.2) is 5.69 Å². The molecule has 3 rings (SSSR count). The summed E-state index contributed by atoms with van der Waals surface area (Å²) in [4.78, 5) is 12.3. The molecular formula is C17H19N3O. The van der Waals surface area contributed by atoms with Crippen LogP contribution in [0.2, 0.25) is 0 Å². The van der Waals surface area contributed by atoms with Crippen LogP contribution in [0.4, 0.5) is 5.69 Å². The van der Waals surface area contributed by atoms with E-state index < -0.39 is 0 Å². The van der Waals surface area contributed by atoms with Gasteiger partial charge in [-0.1, -0.05) is 32.0 Å². The van der Waals surface area contributed by atoms with Crippen LogP contribution in [-0.2, 0) is 0 Å². The Morgan fingerprint density at radius 1 is 1.14 bits per heavy atom. The summed E-state index contributed by atoms with van der Waals surface area (Å²) in [5.41, 5.74) is 3.31. The third-order valence-corrected chi connectivity index (χ3v) is 3.74. The highest BCUT2D eigenvalue weighted by Crippen LogP contribution is 2.38. The van der Waals surface area contributed by atoms with Gasteiger partial charge in [0.2, 0.25) is 0 Å². The number of nitrogens with one attached hydrogen (secondary N) is 1. The molecule has 1 aliphatic carbocycles. The van der Waals surface area contributed by atoms with Gasteiger partial charge >= 0.3 is 0 Å². The first-order chi connectivity index (χ1) is 10.1. The highest BCUT2D eigenvalue weighted by atomic mass is 16.1. The van der Waals surface area contributed by atoms with Crippen LogP contribution in [0.1, 0.15) is 60.3 Å². The fourth-order valence-corrected chi connectivity index (χ4v) is 2.36. The van der Waals surface area contributed by atoms with Gasteiger partial charge < -0.3 is 5.32 Å². The summed E-state index contributed by atoms with van der Waals surface area (Å²) < 4.78 is 0. The van der Waals surface area contributed by atoms with Crippen LogP contribution in [0.3, 0.4) is 0 Å². The van der Waals surface area contributed by atoms with Crippen molar-refractivity contribution in [2.24, 2.45) is 0 Å². The highest BCUT2D eigenvalue weighted by molar-refractivity contribution is 6.03. The number of carbonyl (C=O) groups excluding carboxylic acids is 1. The van der Waals surface area contributed by atoms with Gasteiger partial charge in [0, 0.05) is 11.6 Å². The average Bonchev–Trinajstić information content (AvgIpc) is 3.32. The standard InChI is InChI=1S/C17H19N3O/c1-11(2)13-5-3-4-6-15(13)18-17(21)16-10-9-14(19-20-16)12-7-8-12/h3-6,9-12H,7-8H2,1-2H3,(H,18,21). The molecule has 1 amide bonds. The van der Waals surface area contributed by atoms with Crippen molar-refractivity contribution in [2.75, 3.05) is 5.32 Å². The Morgan fingerprint density at radius 3 is 2.52 bits per heavy atom. The molecule has 1 aromatic carbocycles. The number of para-hydroxylation sites is 1. The third kappa shape index (κ3) is 3.10. The second-order valence-electron chi connectivity index (χ2n) is 5.81. The van der Waals surface area contributed by atoms with Gasteiger partial charge in [0.25, 0.3) is 5.91 Å². The first kappa shape index (κ1) is 13.7. The summed E-state index contributed by atoms with van der Waals surface area (Å²) in [5, 5.41) is 11.1. The predicted molar refractivity (Wildman–Crippen MR) is 82.5 cm³/mol. The Balaban J connectivity index is 1.76. The van der Waals surface area contributed by atoms with Crippen molar-refractivity contribution < 1.29 is 4.79 Å². The molecule has 0 atom stereocenters. The second kappa shape index (κ2) is 5.64. The SMILES string of the molecule is CC(C)c1ccccc1NC(=O)c1ccc(C2CC2)nn1. The summed E-state index contributed by atoms with van der Waals surface area (Å²) in [7, 11) is 0. The molecule has 0 radical (unpaired) electrons. The van der Waals surface area contributed by atoms with Crippen LogP contribution >= 0.6 is 0 Å². The first-order valence-electron chi connectivity index (χ1n) is 7.39. The molecule has 108 valence electrons. The maximum atomic E-state index is 12.3. The molecule has 1 aliphatic rings. The van der Waals surface area contributed by atoms with E-state index in [1.54, 1.807) is 6.07 Å². The molecule has 0 unspecified atom stereocenters. The van der Waals surface area contributed by atoms with E-state index in [4.69, 9.17) is 0 Å². The molecule has 21 heavy (non-hydrogen) atoms. The van der Waals surface area contributed by atoms with Gasteiger partial charge in [-0.25, -0.2) is 0 Å². The molecule has 1 fully saturated rings. The zero-order valence-corrected chi connectivity index (χ0v) is 12.3. The number of carbonyl (C=O) groups is 1. The minimum atomic E-state index is -0.210. The summed E-state index contributed by atoms with van der Waals surface area (Å²) in [6.07, 6.45) is 2.37. The molecule has 1 heterocycles. The zero-order chi connectivity index (χ0) is 14.8. The lowest BCUT2D eigenvalue weighted by atomic mass is 10.0. The third-order valence-electron chi connectivity index (χ3n) is 3.74. The van der Waals surface area contributed by atoms with Crippen LogP contribution in [0.5, 0.6) is 0 Å². The minimum Gasteiger partial charge on any atom is -0.320 e. The summed E-state index contributed by atoms with van der Waals surface area (Å²) >= 11 is 0. The number of rotatable bonds is 4. The molecule has 4 nitrogen and oxygen atoms in total. The predicted octanol–water partition coefficient (Wildman–Crippen LogP) is 3.73. The van der Waals surface area contributed by atoms with E-state index in [0.717, 1.165) is 16.9 Å². The molecule has 0 bridgehead atoms. The Morgan fingerprint density at radius 2 is 1.90 bits per heavy atom. The molecule has 0 spiro atoms. The van der Waals surface area contributed by atoms with E-state index in [0.29, 0.717) is 17.5 Å². The molecule has 2 aromatic rings. The number of benzene rings is 1. The monoisotopic (exact) mass is 281 g/mol. The largest absolute Gasteiger partial charge is 0.320 e. The fourth-order valence-electron chi connectivity index (χ4n) is 2.36. The van der Waals surface area contributed by atoms with Crippen LogP contribution in [0, 0.1) is 0 Å². The summed E-state index contributed by atoms with van der Waals surface area (Å²) in [6, 6.07) is 11.5. The fraction of sp³-hybridized carbons (Fsp3) is 0.353. The van der Waals surface area contributed by atoms with E-state index in [9.17, 15) is 4.79 Å². The number of amides is 1. The van der Waals surface area contributed by atoms with E-state index in [1.807, 2.05) is 30.3 Å². The van der Waals surface area contributed by atoms with E-state index in [2.05, 4.69) is 29.4 Å². The molecule has 1 aromatic heterocycles. The molecule has 0 aliphatic heterocycles. The lowest BCUT2D eigenvalue weighted by Crippen LogP contribution is -2.16.